The molecule has 1 heterocycles. The third-order valence-electron chi connectivity index (χ3n) is 7.39. The molecule has 2 aliphatic rings. The van der Waals surface area contributed by atoms with Crippen LogP contribution in [0, 0.1) is 0 Å². The van der Waals surface area contributed by atoms with Gasteiger partial charge in [0, 0.05) is 16.5 Å². The highest BCUT2D eigenvalue weighted by Crippen LogP contribution is 2.50. The first kappa shape index (κ1) is 22.1. The number of aromatic nitrogens is 2. The van der Waals surface area contributed by atoms with Crippen LogP contribution in [-0.2, 0) is 11.8 Å². The third-order valence-corrected chi connectivity index (χ3v) is 8.33. The Bertz CT molecular complexity index is 1460. The fraction of sp³-hybridized carbons (Fsp3) is 0.233. The van der Waals surface area contributed by atoms with Crippen LogP contribution in [0.2, 0.25) is 0 Å². The number of benzene rings is 3. The Morgan fingerprint density at radius 2 is 1.54 bits per heavy atom. The Labute approximate surface area is 209 Å². The van der Waals surface area contributed by atoms with E-state index in [1.165, 1.54) is 17.3 Å². The van der Waals surface area contributed by atoms with Crippen LogP contribution in [0.1, 0.15) is 47.2 Å². The molecule has 0 N–H and O–H groups in total. The predicted molar refractivity (Wildman–Crippen MR) is 141 cm³/mol. The summed E-state index contributed by atoms with van der Waals surface area (Å²) in [5, 5.41) is 0.564. The van der Waals surface area contributed by atoms with Crippen molar-refractivity contribution in [1.29, 1.82) is 0 Å². The van der Waals surface area contributed by atoms with E-state index < -0.39 is 0 Å². The molecule has 0 unspecified atom stereocenters. The van der Waals surface area contributed by atoms with E-state index in [0.29, 0.717) is 10.7 Å². The highest BCUT2D eigenvalue weighted by Gasteiger charge is 2.44. The van der Waals surface area contributed by atoms with Crippen LogP contribution in [0.5, 0.6) is 0 Å². The zero-order valence-electron chi connectivity index (χ0n) is 19.4. The Balaban J connectivity index is 1.53. The second kappa shape index (κ2) is 8.97. The van der Waals surface area contributed by atoms with Crippen molar-refractivity contribution >= 4 is 17.5 Å². The zero-order chi connectivity index (χ0) is 23.8. The van der Waals surface area contributed by atoms with Crippen molar-refractivity contribution in [3.8, 4) is 16.9 Å². The Morgan fingerprint density at radius 3 is 2.29 bits per heavy atom. The predicted octanol–water partition coefficient (Wildman–Crippen LogP) is 6.24. The number of nitrogens with zero attached hydrogens (tertiary/aromatic N) is 2. The minimum absolute atomic E-state index is 0.00673. The van der Waals surface area contributed by atoms with E-state index in [4.69, 9.17) is 4.98 Å². The number of hydrogen-bond acceptors (Lipinski definition) is 4. The number of ketones is 1. The lowest BCUT2D eigenvalue weighted by molar-refractivity contribution is 0.102. The minimum Gasteiger partial charge on any atom is -0.293 e. The molecule has 6 rings (SSSR count). The number of rotatable bonds is 5. The van der Waals surface area contributed by atoms with Crippen molar-refractivity contribution in [1.82, 2.24) is 9.55 Å². The first-order valence-corrected chi connectivity index (χ1v) is 13.2. The first-order chi connectivity index (χ1) is 17.2. The summed E-state index contributed by atoms with van der Waals surface area (Å²) >= 11 is 1.34. The zero-order valence-corrected chi connectivity index (χ0v) is 20.3. The molecule has 1 saturated carbocycles. The van der Waals surface area contributed by atoms with Crippen molar-refractivity contribution in [2.45, 2.75) is 42.7 Å². The number of Topliss-reactive ketones (excluding diaryl/α,β-unsaturated/α-hetero) is 1. The highest BCUT2D eigenvalue weighted by atomic mass is 32.2. The quantitative estimate of drug-likeness (QED) is 0.193. The lowest BCUT2D eigenvalue weighted by atomic mass is 9.68. The van der Waals surface area contributed by atoms with E-state index in [9.17, 15) is 9.59 Å². The number of para-hydroxylation sites is 1. The maximum absolute atomic E-state index is 14.3. The summed E-state index contributed by atoms with van der Waals surface area (Å²) in [4.78, 5) is 32.4. The molecule has 1 spiro atoms. The maximum Gasteiger partial charge on any atom is 0.263 e. The maximum atomic E-state index is 14.3. The van der Waals surface area contributed by atoms with Crippen molar-refractivity contribution in [3.63, 3.8) is 0 Å². The van der Waals surface area contributed by atoms with Gasteiger partial charge in [-0.15, -0.1) is 0 Å². The molecule has 4 nitrogen and oxygen atoms in total. The largest absolute Gasteiger partial charge is 0.293 e. The van der Waals surface area contributed by atoms with Gasteiger partial charge in [-0.2, -0.15) is 0 Å². The fourth-order valence-electron chi connectivity index (χ4n) is 5.75. The van der Waals surface area contributed by atoms with Gasteiger partial charge in [-0.1, -0.05) is 97.4 Å². The van der Waals surface area contributed by atoms with E-state index in [1.807, 2.05) is 66.7 Å². The van der Waals surface area contributed by atoms with Crippen LogP contribution in [0.25, 0.3) is 16.9 Å². The summed E-state index contributed by atoms with van der Waals surface area (Å²) < 4.78 is 1.73. The van der Waals surface area contributed by atoms with E-state index in [0.717, 1.165) is 54.6 Å². The molecule has 174 valence electrons. The lowest BCUT2D eigenvalue weighted by Gasteiger charge is -2.36. The average Bonchev–Trinajstić information content (AvgIpc) is 3.36. The van der Waals surface area contributed by atoms with Crippen LogP contribution in [-0.4, -0.2) is 21.1 Å². The van der Waals surface area contributed by atoms with Gasteiger partial charge in [0.15, 0.2) is 10.9 Å². The van der Waals surface area contributed by atoms with Crippen LogP contribution in [0.15, 0.2) is 94.9 Å². The standard InChI is InChI=1S/C30H26N2O2S/c33-25(21-11-3-1-4-12-21)20-35-29-31-27-24-16-8-7-13-22(24)19-30(17-9-10-18-30)26(27)28(34)32(29)23-14-5-2-6-15-23/h1-8,11-16H,9-10,17-20H2. The average molecular weight is 479 g/mol. The number of carbonyl (C=O) groups excluding carboxylic acids is 1. The summed E-state index contributed by atoms with van der Waals surface area (Å²) in [6.45, 7) is 0. The molecule has 1 aromatic heterocycles. The topological polar surface area (TPSA) is 52.0 Å². The number of thioether (sulfide) groups is 1. The second-order valence-corrected chi connectivity index (χ2v) is 10.4. The summed E-state index contributed by atoms with van der Waals surface area (Å²) in [6.07, 6.45) is 5.18. The van der Waals surface area contributed by atoms with Gasteiger partial charge in [-0.05, 0) is 37.0 Å². The van der Waals surface area contributed by atoms with Crippen molar-refractivity contribution in [2.24, 2.45) is 0 Å². The van der Waals surface area contributed by atoms with Gasteiger partial charge in [0.25, 0.3) is 5.56 Å². The molecule has 5 heteroatoms. The molecule has 35 heavy (non-hydrogen) atoms. The number of hydrogen-bond donors (Lipinski definition) is 0. The molecule has 0 atom stereocenters. The van der Waals surface area contributed by atoms with Crippen LogP contribution >= 0.6 is 11.8 Å². The molecule has 0 radical (unpaired) electrons. The fourth-order valence-corrected chi connectivity index (χ4v) is 6.65. The summed E-state index contributed by atoms with van der Waals surface area (Å²) in [5.74, 6) is 0.240. The molecule has 2 aliphatic carbocycles. The molecule has 0 amide bonds. The first-order valence-electron chi connectivity index (χ1n) is 12.2. The second-order valence-electron chi connectivity index (χ2n) is 9.49. The van der Waals surface area contributed by atoms with Crippen LogP contribution in [0.4, 0.5) is 0 Å². The molecule has 0 bridgehead atoms. The van der Waals surface area contributed by atoms with Gasteiger partial charge < -0.3 is 0 Å². The smallest absolute Gasteiger partial charge is 0.263 e. The van der Waals surface area contributed by atoms with Gasteiger partial charge in [-0.25, -0.2) is 4.98 Å². The Morgan fingerprint density at radius 1 is 0.886 bits per heavy atom. The van der Waals surface area contributed by atoms with Gasteiger partial charge in [-0.3, -0.25) is 14.2 Å². The van der Waals surface area contributed by atoms with E-state index in [1.54, 1.807) is 4.57 Å². The van der Waals surface area contributed by atoms with E-state index in [-0.39, 0.29) is 22.5 Å². The normalized spacial score (nSPS) is 15.5. The third kappa shape index (κ3) is 3.84. The van der Waals surface area contributed by atoms with Gasteiger partial charge in [0.1, 0.15) is 0 Å². The van der Waals surface area contributed by atoms with Crippen LogP contribution in [0.3, 0.4) is 0 Å². The summed E-state index contributed by atoms with van der Waals surface area (Å²) in [6, 6.07) is 27.3. The van der Waals surface area contributed by atoms with Gasteiger partial charge >= 0.3 is 0 Å². The number of fused-ring (bicyclic) bond motifs is 4. The SMILES string of the molecule is O=C(CSc1nc2c(c(=O)n1-c1ccccc1)C1(CCCC1)Cc1ccccc1-2)c1ccccc1. The van der Waals surface area contributed by atoms with Crippen molar-refractivity contribution in [2.75, 3.05) is 5.75 Å². The monoisotopic (exact) mass is 478 g/mol. The van der Waals surface area contributed by atoms with Crippen LogP contribution < -0.4 is 5.56 Å². The minimum atomic E-state index is -0.159. The van der Waals surface area contributed by atoms with Crippen molar-refractivity contribution < 1.29 is 4.79 Å². The highest BCUT2D eigenvalue weighted by molar-refractivity contribution is 7.99. The molecule has 0 saturated heterocycles. The Hall–Kier alpha value is -3.44. The molecule has 0 aliphatic heterocycles. The van der Waals surface area contributed by atoms with E-state index in [2.05, 4.69) is 18.2 Å². The molecular formula is C30H26N2O2S. The molecular weight excluding hydrogens is 452 g/mol. The Kier molecular flexibility index (Phi) is 5.65. The molecule has 3 aromatic carbocycles. The summed E-state index contributed by atoms with van der Waals surface area (Å²) in [7, 11) is 0. The van der Waals surface area contributed by atoms with Crippen molar-refractivity contribution in [3.05, 3.63) is 112 Å². The summed E-state index contributed by atoms with van der Waals surface area (Å²) in [5.41, 5.74) is 5.28. The lowest BCUT2D eigenvalue weighted by Crippen LogP contribution is -2.40. The molecule has 1 fully saturated rings. The van der Waals surface area contributed by atoms with Gasteiger partial charge in [0.2, 0.25) is 0 Å². The molecule has 4 aromatic rings. The van der Waals surface area contributed by atoms with Gasteiger partial charge in [0.05, 0.1) is 22.7 Å². The van der Waals surface area contributed by atoms with E-state index >= 15 is 0 Å². The number of carbonyl (C=O) groups is 1.